The normalized spacial score (nSPS) is 25.2. The summed E-state index contributed by atoms with van der Waals surface area (Å²) in [5, 5.41) is 11.1. The van der Waals surface area contributed by atoms with Crippen molar-refractivity contribution >= 4 is 0 Å². The summed E-state index contributed by atoms with van der Waals surface area (Å²) < 4.78 is 0. The maximum Gasteiger partial charge on any atom is 0.0973 e. The molecule has 1 saturated carbocycles. The van der Waals surface area contributed by atoms with E-state index in [9.17, 15) is 5.11 Å². The summed E-state index contributed by atoms with van der Waals surface area (Å²) in [6, 6.07) is 10.3. The van der Waals surface area contributed by atoms with Gasteiger partial charge in [-0.25, -0.2) is 0 Å². The summed E-state index contributed by atoms with van der Waals surface area (Å²) in [5.41, 5.74) is 1.10. The fourth-order valence-corrected chi connectivity index (χ4v) is 4.21. The molecule has 1 atom stereocenters. The lowest BCUT2D eigenvalue weighted by atomic mass is 9.73. The average molecular weight is 273 g/mol. The standard InChI is InChI=1S/C18H27NO/c20-17(16-10-4-1-5-11-16)18(12-6-2-7-13-18)19-14-8-3-9-15-19/h1,4-5,10-11,17,20H,2-3,6-9,12-15H2/t17-/m1/s1. The van der Waals surface area contributed by atoms with E-state index in [2.05, 4.69) is 17.0 Å². The van der Waals surface area contributed by atoms with Crippen LogP contribution in [-0.4, -0.2) is 28.6 Å². The van der Waals surface area contributed by atoms with Gasteiger partial charge in [-0.05, 0) is 44.3 Å². The fraction of sp³-hybridized carbons (Fsp3) is 0.667. The van der Waals surface area contributed by atoms with Crippen molar-refractivity contribution in [3.63, 3.8) is 0 Å². The van der Waals surface area contributed by atoms with Gasteiger partial charge >= 0.3 is 0 Å². The molecule has 1 aromatic rings. The van der Waals surface area contributed by atoms with E-state index in [-0.39, 0.29) is 11.6 Å². The lowest BCUT2D eigenvalue weighted by molar-refractivity contribution is -0.0660. The lowest BCUT2D eigenvalue weighted by Gasteiger charge is -2.51. The first kappa shape index (κ1) is 14.1. The van der Waals surface area contributed by atoms with Gasteiger partial charge in [-0.3, -0.25) is 4.90 Å². The fourth-order valence-electron chi connectivity index (χ4n) is 4.21. The van der Waals surface area contributed by atoms with Gasteiger partial charge in [0.05, 0.1) is 11.6 Å². The molecule has 2 aliphatic rings. The SMILES string of the molecule is O[C@H](c1ccccc1)C1(N2CCCCC2)CCCCC1. The second kappa shape index (κ2) is 6.28. The highest BCUT2D eigenvalue weighted by Gasteiger charge is 2.44. The summed E-state index contributed by atoms with van der Waals surface area (Å²) >= 11 is 0. The van der Waals surface area contributed by atoms with Gasteiger partial charge in [0.1, 0.15) is 0 Å². The Hall–Kier alpha value is -0.860. The summed E-state index contributed by atoms with van der Waals surface area (Å²) in [7, 11) is 0. The van der Waals surface area contributed by atoms with Crippen molar-refractivity contribution in [1.29, 1.82) is 0 Å². The van der Waals surface area contributed by atoms with Crippen molar-refractivity contribution in [3.05, 3.63) is 35.9 Å². The number of likely N-dealkylation sites (tertiary alicyclic amines) is 1. The van der Waals surface area contributed by atoms with Crippen molar-refractivity contribution in [1.82, 2.24) is 4.90 Å². The van der Waals surface area contributed by atoms with Gasteiger partial charge in [0.2, 0.25) is 0 Å². The Labute approximate surface area is 122 Å². The highest BCUT2D eigenvalue weighted by molar-refractivity contribution is 5.22. The van der Waals surface area contributed by atoms with E-state index >= 15 is 0 Å². The molecule has 1 aliphatic carbocycles. The maximum absolute atomic E-state index is 11.1. The number of benzene rings is 1. The minimum atomic E-state index is -0.331. The van der Waals surface area contributed by atoms with Crippen LogP contribution in [-0.2, 0) is 0 Å². The Morgan fingerprint density at radius 3 is 2.10 bits per heavy atom. The Morgan fingerprint density at radius 1 is 0.850 bits per heavy atom. The Morgan fingerprint density at radius 2 is 1.45 bits per heavy atom. The van der Waals surface area contributed by atoms with Crippen LogP contribution in [0.3, 0.4) is 0 Å². The first-order valence-electron chi connectivity index (χ1n) is 8.31. The van der Waals surface area contributed by atoms with Crippen LogP contribution in [0.5, 0.6) is 0 Å². The van der Waals surface area contributed by atoms with E-state index in [4.69, 9.17) is 0 Å². The third-order valence-corrected chi connectivity index (χ3v) is 5.33. The molecule has 0 unspecified atom stereocenters. The van der Waals surface area contributed by atoms with Gasteiger partial charge < -0.3 is 5.11 Å². The summed E-state index contributed by atoms with van der Waals surface area (Å²) in [6.45, 7) is 2.34. The van der Waals surface area contributed by atoms with Crippen molar-refractivity contribution in [2.24, 2.45) is 0 Å². The second-order valence-corrected chi connectivity index (χ2v) is 6.53. The van der Waals surface area contributed by atoms with Gasteiger partial charge in [0.15, 0.2) is 0 Å². The number of aliphatic hydroxyl groups is 1. The van der Waals surface area contributed by atoms with Gasteiger partial charge in [0.25, 0.3) is 0 Å². The third kappa shape index (κ3) is 2.64. The minimum absolute atomic E-state index is 0.0000231. The van der Waals surface area contributed by atoms with Crippen molar-refractivity contribution in [2.75, 3.05) is 13.1 Å². The summed E-state index contributed by atoms with van der Waals surface area (Å²) in [4.78, 5) is 2.62. The molecule has 1 aliphatic heterocycles. The van der Waals surface area contributed by atoms with Crippen molar-refractivity contribution < 1.29 is 5.11 Å². The number of hydrogen-bond acceptors (Lipinski definition) is 2. The molecule has 1 aromatic carbocycles. The van der Waals surface area contributed by atoms with Gasteiger partial charge in [0, 0.05) is 0 Å². The molecule has 1 N–H and O–H groups in total. The molecule has 0 aromatic heterocycles. The molecule has 0 radical (unpaired) electrons. The number of piperidine rings is 1. The molecule has 2 heteroatoms. The molecule has 2 fully saturated rings. The maximum atomic E-state index is 11.1. The van der Waals surface area contributed by atoms with E-state index in [1.807, 2.05) is 18.2 Å². The van der Waals surface area contributed by atoms with Crippen LogP contribution >= 0.6 is 0 Å². The van der Waals surface area contributed by atoms with Gasteiger partial charge in [-0.15, -0.1) is 0 Å². The Kier molecular flexibility index (Phi) is 4.42. The number of rotatable bonds is 3. The van der Waals surface area contributed by atoms with Crippen LogP contribution in [0, 0.1) is 0 Å². The molecule has 0 spiro atoms. The van der Waals surface area contributed by atoms with Crippen molar-refractivity contribution in [2.45, 2.75) is 63.0 Å². The predicted molar refractivity (Wildman–Crippen MR) is 82.6 cm³/mol. The van der Waals surface area contributed by atoms with Crippen LogP contribution in [0.4, 0.5) is 0 Å². The molecule has 1 heterocycles. The van der Waals surface area contributed by atoms with Crippen LogP contribution in [0.25, 0.3) is 0 Å². The van der Waals surface area contributed by atoms with E-state index in [1.165, 1.54) is 51.6 Å². The van der Waals surface area contributed by atoms with Crippen LogP contribution in [0.2, 0.25) is 0 Å². The molecule has 110 valence electrons. The van der Waals surface area contributed by atoms with E-state index in [0.717, 1.165) is 18.4 Å². The van der Waals surface area contributed by atoms with Gasteiger partial charge in [-0.2, -0.15) is 0 Å². The highest BCUT2D eigenvalue weighted by Crippen LogP contribution is 2.44. The number of hydrogen-bond donors (Lipinski definition) is 1. The number of aliphatic hydroxyl groups excluding tert-OH is 1. The Balaban J connectivity index is 1.88. The molecule has 20 heavy (non-hydrogen) atoms. The zero-order valence-electron chi connectivity index (χ0n) is 12.4. The second-order valence-electron chi connectivity index (χ2n) is 6.53. The topological polar surface area (TPSA) is 23.5 Å². The molecule has 2 nitrogen and oxygen atoms in total. The smallest absolute Gasteiger partial charge is 0.0973 e. The monoisotopic (exact) mass is 273 g/mol. The zero-order chi connectivity index (χ0) is 13.8. The molecular weight excluding hydrogens is 246 g/mol. The van der Waals surface area contributed by atoms with Crippen LogP contribution in [0.1, 0.15) is 63.0 Å². The first-order valence-corrected chi connectivity index (χ1v) is 8.31. The zero-order valence-corrected chi connectivity index (χ0v) is 12.4. The van der Waals surface area contributed by atoms with E-state index < -0.39 is 0 Å². The summed E-state index contributed by atoms with van der Waals surface area (Å²) in [5.74, 6) is 0. The van der Waals surface area contributed by atoms with Gasteiger partial charge in [-0.1, -0.05) is 56.0 Å². The third-order valence-electron chi connectivity index (χ3n) is 5.33. The molecule has 1 saturated heterocycles. The predicted octanol–water partition coefficient (Wildman–Crippen LogP) is 3.91. The quantitative estimate of drug-likeness (QED) is 0.902. The summed E-state index contributed by atoms with van der Waals surface area (Å²) in [6.07, 6.45) is 9.78. The molecule has 3 rings (SSSR count). The largest absolute Gasteiger partial charge is 0.386 e. The number of nitrogens with zero attached hydrogens (tertiary/aromatic N) is 1. The highest BCUT2D eigenvalue weighted by atomic mass is 16.3. The van der Waals surface area contributed by atoms with Crippen LogP contribution in [0.15, 0.2) is 30.3 Å². The van der Waals surface area contributed by atoms with E-state index in [1.54, 1.807) is 0 Å². The first-order chi connectivity index (χ1) is 9.83. The van der Waals surface area contributed by atoms with E-state index in [0.29, 0.717) is 0 Å². The lowest BCUT2D eigenvalue weighted by Crippen LogP contribution is -2.55. The molecule has 0 bridgehead atoms. The van der Waals surface area contributed by atoms with Crippen LogP contribution < -0.4 is 0 Å². The Bertz CT molecular complexity index is 405. The molecule has 0 amide bonds. The minimum Gasteiger partial charge on any atom is -0.386 e. The molecular formula is C18H27NO. The van der Waals surface area contributed by atoms with Crippen molar-refractivity contribution in [3.8, 4) is 0 Å². The average Bonchev–Trinajstić information content (AvgIpc) is 2.56.